The molecule has 46 heavy (non-hydrogen) atoms. The summed E-state index contributed by atoms with van der Waals surface area (Å²) in [4.78, 5) is 35.4. The third-order valence-corrected chi connectivity index (χ3v) is 11.3. The molecule has 2 aromatic rings. The molecule has 1 saturated carbocycles. The molecule has 11 heteroatoms. The zero-order valence-electron chi connectivity index (χ0n) is 27.5. The summed E-state index contributed by atoms with van der Waals surface area (Å²) in [6.07, 6.45) is 8.22. The van der Waals surface area contributed by atoms with E-state index >= 15 is 0 Å². The van der Waals surface area contributed by atoms with E-state index in [0.29, 0.717) is 34.4 Å². The molecule has 248 valence electrons. The number of piperidine rings is 2. The SMILES string of the molecule is CC(C)(C)OC(=O)N1CCC2(CC1)CC(N1CCC(C(=O)N3C4CCC3CN(c3cc(-c5ccccc5O)nnc3N)C4)CC1)C2. The van der Waals surface area contributed by atoms with E-state index in [9.17, 15) is 14.7 Å². The van der Waals surface area contributed by atoms with Crippen molar-refractivity contribution in [2.75, 3.05) is 49.9 Å². The first kappa shape index (κ1) is 31.0. The molecule has 11 nitrogen and oxygen atoms in total. The number of phenolic OH excluding ortho intramolecular Hbond substituents is 1. The Labute approximate surface area is 272 Å². The molecular formula is C35H49N7O4. The van der Waals surface area contributed by atoms with Gasteiger partial charge in [-0.1, -0.05) is 12.1 Å². The Morgan fingerprint density at radius 3 is 2.22 bits per heavy atom. The highest BCUT2D eigenvalue weighted by Crippen LogP contribution is 2.51. The standard InChI is InChI=1S/C35H49N7O4/c1-34(2,3)46-33(45)40-16-12-35(13-17-40)19-26(20-35)39-14-10-23(11-15-39)32(44)42-24-8-9-25(42)22-41(21-24)29-18-28(37-38-31(29)36)27-6-4-5-7-30(27)43/h4-7,18,23-26,43H,8-17,19-22H2,1-3H3,(H2,36,38). The lowest BCUT2D eigenvalue weighted by Crippen LogP contribution is -2.59. The molecule has 2 unspecified atom stereocenters. The fourth-order valence-corrected chi connectivity index (χ4v) is 8.74. The van der Waals surface area contributed by atoms with Crippen LogP contribution in [0.2, 0.25) is 0 Å². The van der Waals surface area contributed by atoms with Crippen molar-refractivity contribution in [1.29, 1.82) is 0 Å². The Kier molecular flexibility index (Phi) is 8.02. The molecule has 5 fully saturated rings. The summed E-state index contributed by atoms with van der Waals surface area (Å²) in [5.41, 5.74) is 8.25. The zero-order chi connectivity index (χ0) is 32.2. The molecule has 1 aromatic carbocycles. The third-order valence-electron chi connectivity index (χ3n) is 11.3. The number of nitrogens with two attached hydrogens (primary N) is 1. The number of hydrogen-bond donors (Lipinski definition) is 2. The lowest BCUT2D eigenvalue weighted by Gasteiger charge is -2.56. The third kappa shape index (κ3) is 5.98. The van der Waals surface area contributed by atoms with E-state index in [1.165, 1.54) is 12.8 Å². The summed E-state index contributed by atoms with van der Waals surface area (Å²) in [5.74, 6) is 0.961. The van der Waals surface area contributed by atoms with Crippen molar-refractivity contribution in [3.05, 3.63) is 30.3 Å². The van der Waals surface area contributed by atoms with E-state index in [1.54, 1.807) is 12.1 Å². The number of para-hydroxylation sites is 1. The maximum atomic E-state index is 13.9. The molecule has 4 aliphatic heterocycles. The second kappa shape index (κ2) is 11.9. The van der Waals surface area contributed by atoms with Gasteiger partial charge in [0, 0.05) is 55.8 Å². The summed E-state index contributed by atoms with van der Waals surface area (Å²) >= 11 is 0. The number of nitrogens with zero attached hydrogens (tertiary/aromatic N) is 6. The molecule has 1 aromatic heterocycles. The number of piperazine rings is 1. The molecule has 5 aliphatic rings. The van der Waals surface area contributed by atoms with E-state index in [-0.39, 0.29) is 29.8 Å². The number of carbonyl (C=O) groups is 2. The molecule has 4 saturated heterocycles. The average Bonchev–Trinajstić information content (AvgIpc) is 3.28. The summed E-state index contributed by atoms with van der Waals surface area (Å²) < 4.78 is 5.58. The number of anilines is 2. The summed E-state index contributed by atoms with van der Waals surface area (Å²) in [6, 6.07) is 9.97. The predicted molar refractivity (Wildman–Crippen MR) is 176 cm³/mol. The van der Waals surface area contributed by atoms with Gasteiger partial charge in [0.05, 0.1) is 11.4 Å². The van der Waals surface area contributed by atoms with E-state index < -0.39 is 5.60 Å². The van der Waals surface area contributed by atoms with Crippen LogP contribution >= 0.6 is 0 Å². The number of hydrogen-bond acceptors (Lipinski definition) is 9. The van der Waals surface area contributed by atoms with Gasteiger partial charge in [-0.2, -0.15) is 0 Å². The summed E-state index contributed by atoms with van der Waals surface area (Å²) in [6.45, 7) is 10.8. The van der Waals surface area contributed by atoms with Gasteiger partial charge in [-0.3, -0.25) is 4.79 Å². The number of amides is 2. The van der Waals surface area contributed by atoms with Crippen LogP contribution in [0.15, 0.2) is 30.3 Å². The van der Waals surface area contributed by atoms with Crippen LogP contribution in [0, 0.1) is 11.3 Å². The second-order valence-corrected chi connectivity index (χ2v) is 15.4. The maximum Gasteiger partial charge on any atom is 0.410 e. The number of fused-ring (bicyclic) bond motifs is 2. The predicted octanol–water partition coefficient (Wildman–Crippen LogP) is 4.50. The van der Waals surface area contributed by atoms with Gasteiger partial charge < -0.3 is 35.2 Å². The number of likely N-dealkylation sites (tertiary alicyclic amines) is 2. The van der Waals surface area contributed by atoms with Gasteiger partial charge in [0.25, 0.3) is 0 Å². The van der Waals surface area contributed by atoms with Crippen molar-refractivity contribution in [2.45, 2.75) is 95.9 Å². The van der Waals surface area contributed by atoms with Gasteiger partial charge in [0.1, 0.15) is 11.4 Å². The van der Waals surface area contributed by atoms with Crippen LogP contribution in [0.5, 0.6) is 5.75 Å². The number of aromatic hydroxyl groups is 1. The number of benzene rings is 1. The van der Waals surface area contributed by atoms with Crippen LogP contribution in [-0.2, 0) is 9.53 Å². The van der Waals surface area contributed by atoms with Crippen LogP contribution in [0.1, 0.15) is 72.1 Å². The first-order valence-electron chi connectivity index (χ1n) is 17.2. The van der Waals surface area contributed by atoms with Crippen LogP contribution in [-0.4, -0.2) is 105 Å². The van der Waals surface area contributed by atoms with Crippen LogP contribution in [0.3, 0.4) is 0 Å². The minimum absolute atomic E-state index is 0.0947. The number of phenols is 1. The molecule has 2 bridgehead atoms. The minimum Gasteiger partial charge on any atom is -0.507 e. The number of ether oxygens (including phenoxy) is 1. The summed E-state index contributed by atoms with van der Waals surface area (Å²) in [7, 11) is 0. The molecule has 5 heterocycles. The van der Waals surface area contributed by atoms with Crippen molar-refractivity contribution >= 4 is 23.5 Å². The average molecular weight is 632 g/mol. The van der Waals surface area contributed by atoms with E-state index in [0.717, 1.165) is 83.5 Å². The Hall–Kier alpha value is -3.60. The Balaban J connectivity index is 0.905. The normalized spacial score (nSPS) is 25.5. The Bertz CT molecular complexity index is 1440. The first-order valence-corrected chi connectivity index (χ1v) is 17.2. The quantitative estimate of drug-likeness (QED) is 0.501. The zero-order valence-corrected chi connectivity index (χ0v) is 27.5. The van der Waals surface area contributed by atoms with Crippen molar-refractivity contribution < 1.29 is 19.4 Å². The first-order chi connectivity index (χ1) is 22.0. The number of nitrogen functional groups attached to an aromatic ring is 1. The molecule has 7 rings (SSSR count). The van der Waals surface area contributed by atoms with E-state index in [4.69, 9.17) is 10.5 Å². The van der Waals surface area contributed by atoms with Crippen molar-refractivity contribution in [3.63, 3.8) is 0 Å². The molecule has 2 atom stereocenters. The largest absolute Gasteiger partial charge is 0.507 e. The highest BCUT2D eigenvalue weighted by molar-refractivity contribution is 5.81. The summed E-state index contributed by atoms with van der Waals surface area (Å²) in [5, 5.41) is 18.8. The van der Waals surface area contributed by atoms with Crippen molar-refractivity contribution in [1.82, 2.24) is 24.9 Å². The molecular weight excluding hydrogens is 582 g/mol. The second-order valence-electron chi connectivity index (χ2n) is 15.4. The minimum atomic E-state index is -0.457. The van der Waals surface area contributed by atoms with Gasteiger partial charge in [-0.15, -0.1) is 10.2 Å². The van der Waals surface area contributed by atoms with Crippen LogP contribution < -0.4 is 10.6 Å². The fraction of sp³-hybridized carbons (Fsp3) is 0.657. The van der Waals surface area contributed by atoms with Gasteiger partial charge in [-0.25, -0.2) is 4.79 Å². The monoisotopic (exact) mass is 631 g/mol. The Morgan fingerprint density at radius 2 is 1.59 bits per heavy atom. The van der Waals surface area contributed by atoms with Gasteiger partial charge in [-0.05, 0) is 109 Å². The number of rotatable bonds is 4. The maximum absolute atomic E-state index is 13.9. The molecule has 0 radical (unpaired) electrons. The molecule has 2 amide bonds. The van der Waals surface area contributed by atoms with Crippen LogP contribution in [0.4, 0.5) is 16.3 Å². The fourth-order valence-electron chi connectivity index (χ4n) is 8.74. The topological polar surface area (TPSA) is 128 Å². The van der Waals surface area contributed by atoms with Crippen molar-refractivity contribution in [2.24, 2.45) is 11.3 Å². The Morgan fingerprint density at radius 1 is 0.935 bits per heavy atom. The van der Waals surface area contributed by atoms with Crippen molar-refractivity contribution in [3.8, 4) is 17.0 Å². The molecule has 3 N–H and O–H groups in total. The van der Waals surface area contributed by atoms with Crippen LogP contribution in [0.25, 0.3) is 11.3 Å². The molecule has 1 spiro atoms. The van der Waals surface area contributed by atoms with Gasteiger partial charge in [0.15, 0.2) is 5.82 Å². The number of aromatic nitrogens is 2. The number of carbonyl (C=O) groups excluding carboxylic acids is 2. The van der Waals surface area contributed by atoms with E-state index in [2.05, 4.69) is 24.9 Å². The highest BCUT2D eigenvalue weighted by Gasteiger charge is 2.50. The van der Waals surface area contributed by atoms with Gasteiger partial charge >= 0.3 is 6.09 Å². The smallest absolute Gasteiger partial charge is 0.410 e. The lowest BCUT2D eigenvalue weighted by atomic mass is 9.59. The highest BCUT2D eigenvalue weighted by atomic mass is 16.6. The van der Waals surface area contributed by atoms with E-state index in [1.807, 2.05) is 43.9 Å². The lowest BCUT2D eigenvalue weighted by molar-refractivity contribution is -0.141. The molecule has 1 aliphatic carbocycles. The van der Waals surface area contributed by atoms with Gasteiger partial charge in [0.2, 0.25) is 5.91 Å².